The van der Waals surface area contributed by atoms with Crippen LogP contribution in [0.15, 0.2) is 0 Å². The number of nitrogens with one attached hydrogen (secondary N) is 1. The summed E-state index contributed by atoms with van der Waals surface area (Å²) in [6.07, 6.45) is 3.00. The molecule has 0 aliphatic rings. The summed E-state index contributed by atoms with van der Waals surface area (Å²) in [4.78, 5) is 10.5. The number of carbonyl (C=O) groups is 1. The molecule has 0 saturated heterocycles. The lowest BCUT2D eigenvalue weighted by atomic mass is 10.2. The molecule has 11 heavy (non-hydrogen) atoms. The number of carbonyl (C=O) groups excluding carboxylic acids is 1. The van der Waals surface area contributed by atoms with Crippen LogP contribution >= 0.6 is 0 Å². The van der Waals surface area contributed by atoms with Crippen molar-refractivity contribution in [1.29, 1.82) is 0 Å². The van der Waals surface area contributed by atoms with Crippen LogP contribution < -0.4 is 5.32 Å². The topological polar surface area (TPSA) is 38.3 Å². The van der Waals surface area contributed by atoms with E-state index >= 15 is 0 Å². The molecule has 66 valence electrons. The number of rotatable bonds is 5. The average Bonchev–Trinajstić information content (AvgIpc) is 1.97. The van der Waals surface area contributed by atoms with Gasteiger partial charge in [0.1, 0.15) is 0 Å². The van der Waals surface area contributed by atoms with E-state index in [9.17, 15) is 4.79 Å². The van der Waals surface area contributed by atoms with Crippen molar-refractivity contribution in [2.75, 3.05) is 7.05 Å². The van der Waals surface area contributed by atoms with Crippen molar-refractivity contribution in [2.45, 2.75) is 39.3 Å². The number of hydrogen-bond acceptors (Lipinski definition) is 3. The summed E-state index contributed by atoms with van der Waals surface area (Å²) in [5.41, 5.74) is 0. The second-order valence-corrected chi connectivity index (χ2v) is 2.53. The Hall–Kier alpha value is -0.570. The Morgan fingerprint density at radius 3 is 2.64 bits per heavy atom. The highest BCUT2D eigenvalue weighted by Crippen LogP contribution is 2.01. The third-order valence-corrected chi connectivity index (χ3v) is 1.45. The van der Waals surface area contributed by atoms with E-state index in [0.717, 1.165) is 19.3 Å². The minimum Gasteiger partial charge on any atom is -0.447 e. The van der Waals surface area contributed by atoms with Gasteiger partial charge >= 0.3 is 5.97 Å². The van der Waals surface area contributed by atoms with Crippen LogP contribution in [0.5, 0.6) is 0 Å². The predicted molar refractivity (Wildman–Crippen MR) is 44.1 cm³/mol. The van der Waals surface area contributed by atoms with Gasteiger partial charge in [0.25, 0.3) is 0 Å². The molecule has 1 unspecified atom stereocenters. The van der Waals surface area contributed by atoms with Crippen LogP contribution in [0.1, 0.15) is 33.1 Å². The van der Waals surface area contributed by atoms with Crippen LogP contribution in [-0.2, 0) is 9.53 Å². The first-order valence-electron chi connectivity index (χ1n) is 4.05. The molecule has 0 amide bonds. The first kappa shape index (κ1) is 10.4. The Labute approximate surface area is 68.1 Å². The van der Waals surface area contributed by atoms with Gasteiger partial charge in [0, 0.05) is 6.92 Å². The van der Waals surface area contributed by atoms with Gasteiger partial charge in [0.05, 0.1) is 0 Å². The SMILES string of the molecule is CCCCC(NC)OC(C)=O. The molecular formula is C8H17NO2. The highest BCUT2D eigenvalue weighted by molar-refractivity contribution is 5.66. The van der Waals surface area contributed by atoms with Gasteiger partial charge in [-0.05, 0) is 19.9 Å². The molecule has 0 saturated carbocycles. The van der Waals surface area contributed by atoms with Crippen molar-refractivity contribution >= 4 is 5.97 Å². The Balaban J connectivity index is 3.49. The Kier molecular flexibility index (Phi) is 5.84. The first-order valence-corrected chi connectivity index (χ1v) is 4.05. The van der Waals surface area contributed by atoms with E-state index in [2.05, 4.69) is 12.2 Å². The van der Waals surface area contributed by atoms with Gasteiger partial charge in [0.2, 0.25) is 0 Å². The maximum atomic E-state index is 10.5. The van der Waals surface area contributed by atoms with Crippen molar-refractivity contribution in [3.63, 3.8) is 0 Å². The van der Waals surface area contributed by atoms with Crippen LogP contribution in [0.3, 0.4) is 0 Å². The fourth-order valence-electron chi connectivity index (χ4n) is 0.852. The lowest BCUT2D eigenvalue weighted by Crippen LogP contribution is -2.29. The van der Waals surface area contributed by atoms with Gasteiger partial charge in [-0.15, -0.1) is 0 Å². The Morgan fingerprint density at radius 1 is 1.64 bits per heavy atom. The van der Waals surface area contributed by atoms with E-state index < -0.39 is 0 Å². The van der Waals surface area contributed by atoms with Gasteiger partial charge in [-0.2, -0.15) is 0 Å². The third-order valence-electron chi connectivity index (χ3n) is 1.45. The molecule has 3 heteroatoms. The largest absolute Gasteiger partial charge is 0.447 e. The molecule has 1 atom stereocenters. The van der Waals surface area contributed by atoms with Gasteiger partial charge in [-0.3, -0.25) is 10.1 Å². The number of hydrogen-bond donors (Lipinski definition) is 1. The van der Waals surface area contributed by atoms with E-state index in [0.29, 0.717) is 0 Å². The van der Waals surface area contributed by atoms with Gasteiger partial charge in [-0.1, -0.05) is 13.3 Å². The molecule has 0 aromatic carbocycles. The first-order chi connectivity index (χ1) is 5.20. The molecule has 0 aromatic rings. The summed E-state index contributed by atoms with van der Waals surface area (Å²) in [5, 5.41) is 2.93. The van der Waals surface area contributed by atoms with Crippen LogP contribution in [0.4, 0.5) is 0 Å². The van der Waals surface area contributed by atoms with Crippen molar-refractivity contribution in [3.05, 3.63) is 0 Å². The monoisotopic (exact) mass is 159 g/mol. The van der Waals surface area contributed by atoms with Crippen molar-refractivity contribution in [2.24, 2.45) is 0 Å². The van der Waals surface area contributed by atoms with E-state index in [1.165, 1.54) is 6.92 Å². The van der Waals surface area contributed by atoms with E-state index in [-0.39, 0.29) is 12.2 Å². The molecule has 0 radical (unpaired) electrons. The molecule has 0 heterocycles. The number of unbranched alkanes of at least 4 members (excludes halogenated alkanes) is 1. The Bertz CT molecular complexity index is 115. The Morgan fingerprint density at radius 2 is 2.27 bits per heavy atom. The normalized spacial score (nSPS) is 12.6. The quantitative estimate of drug-likeness (QED) is 0.485. The van der Waals surface area contributed by atoms with Crippen LogP contribution in [0.2, 0.25) is 0 Å². The molecule has 0 aromatic heterocycles. The molecule has 0 aliphatic heterocycles. The van der Waals surface area contributed by atoms with Gasteiger partial charge < -0.3 is 4.74 Å². The summed E-state index contributed by atoms with van der Waals surface area (Å²) >= 11 is 0. The number of ether oxygens (including phenoxy) is 1. The molecule has 3 nitrogen and oxygen atoms in total. The second kappa shape index (κ2) is 6.16. The standard InChI is InChI=1S/C8H17NO2/c1-4-5-6-8(9-3)11-7(2)10/h8-9H,4-6H2,1-3H3. The lowest BCUT2D eigenvalue weighted by molar-refractivity contribution is -0.148. The predicted octanol–water partition coefficient (Wildman–Crippen LogP) is 1.29. The summed E-state index contributed by atoms with van der Waals surface area (Å²) in [7, 11) is 1.79. The van der Waals surface area contributed by atoms with Crippen molar-refractivity contribution < 1.29 is 9.53 Å². The van der Waals surface area contributed by atoms with E-state index in [4.69, 9.17) is 4.74 Å². The van der Waals surface area contributed by atoms with Crippen LogP contribution in [0, 0.1) is 0 Å². The fraction of sp³-hybridized carbons (Fsp3) is 0.875. The lowest BCUT2D eigenvalue weighted by Gasteiger charge is -2.14. The summed E-state index contributed by atoms with van der Waals surface area (Å²) in [5.74, 6) is -0.222. The molecule has 0 fully saturated rings. The molecule has 0 spiro atoms. The zero-order valence-electron chi connectivity index (χ0n) is 7.52. The fourth-order valence-corrected chi connectivity index (χ4v) is 0.852. The zero-order valence-corrected chi connectivity index (χ0v) is 7.52. The van der Waals surface area contributed by atoms with Crippen LogP contribution in [-0.4, -0.2) is 19.2 Å². The molecule has 0 rings (SSSR count). The third kappa shape index (κ3) is 5.85. The highest BCUT2D eigenvalue weighted by Gasteiger charge is 2.06. The maximum absolute atomic E-state index is 10.5. The smallest absolute Gasteiger partial charge is 0.304 e. The minimum absolute atomic E-state index is 0.104. The molecule has 0 aliphatic carbocycles. The zero-order chi connectivity index (χ0) is 8.69. The van der Waals surface area contributed by atoms with E-state index in [1.54, 1.807) is 7.05 Å². The van der Waals surface area contributed by atoms with Gasteiger partial charge in [0.15, 0.2) is 6.23 Å². The highest BCUT2D eigenvalue weighted by atomic mass is 16.6. The van der Waals surface area contributed by atoms with Crippen LogP contribution in [0.25, 0.3) is 0 Å². The second-order valence-electron chi connectivity index (χ2n) is 2.53. The summed E-state index contributed by atoms with van der Waals surface area (Å²) in [6.45, 7) is 3.54. The maximum Gasteiger partial charge on any atom is 0.304 e. The molecule has 1 N–H and O–H groups in total. The summed E-state index contributed by atoms with van der Waals surface area (Å²) < 4.78 is 4.95. The van der Waals surface area contributed by atoms with Crippen molar-refractivity contribution in [3.8, 4) is 0 Å². The van der Waals surface area contributed by atoms with Gasteiger partial charge in [-0.25, -0.2) is 0 Å². The van der Waals surface area contributed by atoms with Crippen molar-refractivity contribution in [1.82, 2.24) is 5.32 Å². The average molecular weight is 159 g/mol. The molecule has 0 bridgehead atoms. The minimum atomic E-state index is -0.222. The molecular weight excluding hydrogens is 142 g/mol. The van der Waals surface area contributed by atoms with E-state index in [1.807, 2.05) is 0 Å². The summed E-state index contributed by atoms with van der Waals surface area (Å²) in [6, 6.07) is 0. The number of esters is 1.